The molecule has 0 spiro atoms. The molecule has 0 saturated carbocycles. The third kappa shape index (κ3) is 2.52. The summed E-state index contributed by atoms with van der Waals surface area (Å²) in [5.74, 6) is 0. The number of nitrogens with two attached hydrogens (primary N) is 1. The summed E-state index contributed by atoms with van der Waals surface area (Å²) < 4.78 is 1.97. The Balaban J connectivity index is 3.22. The number of nitrogens with zero attached hydrogens (tertiary/aromatic N) is 3. The van der Waals surface area contributed by atoms with Crippen molar-refractivity contribution in [1.82, 2.24) is 4.57 Å². The van der Waals surface area contributed by atoms with Gasteiger partial charge in [0.25, 0.3) is 0 Å². The number of rotatable bonds is 2. The monoisotopic (exact) mass is 212 g/mol. The molecular formula is C9H16N4S. The smallest absolute Gasteiger partial charge is 0.212 e. The van der Waals surface area contributed by atoms with E-state index in [9.17, 15) is 0 Å². The largest absolute Gasteiger partial charge is 0.311 e. The molecule has 0 radical (unpaired) electrons. The molecule has 14 heavy (non-hydrogen) atoms. The van der Waals surface area contributed by atoms with E-state index >= 15 is 0 Å². The molecule has 2 N–H and O–H groups in total. The van der Waals surface area contributed by atoms with Crippen molar-refractivity contribution in [3.63, 3.8) is 0 Å². The molecule has 1 atom stereocenters. The van der Waals surface area contributed by atoms with Gasteiger partial charge in [-0.05, 0) is 27.7 Å². The van der Waals surface area contributed by atoms with E-state index in [0.29, 0.717) is 0 Å². The van der Waals surface area contributed by atoms with Crippen molar-refractivity contribution < 1.29 is 0 Å². The third-order valence-electron chi connectivity index (χ3n) is 1.66. The molecule has 1 aromatic heterocycles. The van der Waals surface area contributed by atoms with Crippen LogP contribution in [0.25, 0.3) is 0 Å². The first-order valence-electron chi connectivity index (χ1n) is 4.49. The molecule has 0 saturated heterocycles. The number of hydrogen-bond acceptors (Lipinski definition) is 4. The average Bonchev–Trinajstić information content (AvgIpc) is 2.43. The highest BCUT2D eigenvalue weighted by Gasteiger charge is 2.04. The minimum Gasteiger partial charge on any atom is -0.311 e. The second kappa shape index (κ2) is 4.52. The second-order valence-electron chi connectivity index (χ2n) is 3.42. The molecule has 0 aliphatic heterocycles. The van der Waals surface area contributed by atoms with E-state index in [-0.39, 0.29) is 6.17 Å². The van der Waals surface area contributed by atoms with Crippen LogP contribution in [-0.2, 0) is 0 Å². The van der Waals surface area contributed by atoms with E-state index in [4.69, 9.17) is 5.73 Å². The Morgan fingerprint density at radius 1 is 1.57 bits per heavy atom. The first kappa shape index (κ1) is 11.1. The van der Waals surface area contributed by atoms with E-state index < -0.39 is 0 Å². The summed E-state index contributed by atoms with van der Waals surface area (Å²) >= 11 is 1.56. The Bertz CT molecular complexity index is 393. The van der Waals surface area contributed by atoms with Gasteiger partial charge in [0.1, 0.15) is 0 Å². The predicted octanol–water partition coefficient (Wildman–Crippen LogP) is 1.63. The van der Waals surface area contributed by atoms with Crippen LogP contribution >= 0.6 is 11.3 Å². The summed E-state index contributed by atoms with van der Waals surface area (Å²) in [6.45, 7) is 7.78. The topological polar surface area (TPSA) is 55.7 Å². The summed E-state index contributed by atoms with van der Waals surface area (Å²) in [7, 11) is 0. The normalized spacial score (nSPS) is 14.2. The van der Waals surface area contributed by atoms with Crippen LogP contribution in [0.2, 0.25) is 0 Å². The van der Waals surface area contributed by atoms with Gasteiger partial charge in [0.2, 0.25) is 4.80 Å². The maximum Gasteiger partial charge on any atom is 0.212 e. The van der Waals surface area contributed by atoms with E-state index in [1.807, 2.05) is 37.6 Å². The Labute approximate surface area is 87.8 Å². The minimum atomic E-state index is -0.0626. The average molecular weight is 212 g/mol. The summed E-state index contributed by atoms with van der Waals surface area (Å²) in [6.07, 6.45) is -0.0626. The molecule has 1 unspecified atom stereocenters. The summed E-state index contributed by atoms with van der Waals surface area (Å²) in [4.78, 5) is 0.846. The maximum atomic E-state index is 5.83. The van der Waals surface area contributed by atoms with Gasteiger partial charge in [-0.1, -0.05) is 0 Å². The molecule has 0 fully saturated rings. The van der Waals surface area contributed by atoms with Crippen molar-refractivity contribution in [2.24, 2.45) is 15.9 Å². The standard InChI is InChI=1S/C9H16N4S/c1-6(2)11-12-9-13(8(4)10)7(3)5-14-9/h5,8H,10H2,1-4H3/b12-9-. The fourth-order valence-corrected chi connectivity index (χ4v) is 2.01. The Morgan fingerprint density at radius 2 is 2.21 bits per heavy atom. The third-order valence-corrected chi connectivity index (χ3v) is 2.61. The summed E-state index contributed by atoms with van der Waals surface area (Å²) in [5.41, 5.74) is 7.88. The fraction of sp³-hybridized carbons (Fsp3) is 0.556. The molecule has 4 nitrogen and oxygen atoms in total. The van der Waals surface area contributed by atoms with Gasteiger partial charge >= 0.3 is 0 Å². The molecule has 0 bridgehead atoms. The quantitative estimate of drug-likeness (QED) is 0.588. The lowest BCUT2D eigenvalue weighted by atomic mass is 10.5. The molecule has 0 aromatic carbocycles. The lowest BCUT2D eigenvalue weighted by molar-refractivity contribution is 0.541. The van der Waals surface area contributed by atoms with Crippen molar-refractivity contribution in [2.45, 2.75) is 33.9 Å². The van der Waals surface area contributed by atoms with Crippen molar-refractivity contribution in [1.29, 1.82) is 0 Å². The molecule has 0 aliphatic rings. The molecule has 78 valence electrons. The van der Waals surface area contributed by atoms with Gasteiger partial charge in [0.15, 0.2) is 0 Å². The van der Waals surface area contributed by atoms with E-state index in [2.05, 4.69) is 10.2 Å². The van der Waals surface area contributed by atoms with Crippen LogP contribution in [0.15, 0.2) is 15.6 Å². The number of aryl methyl sites for hydroxylation is 1. The van der Waals surface area contributed by atoms with Crippen LogP contribution in [0.4, 0.5) is 0 Å². The molecule has 1 aromatic rings. The zero-order valence-corrected chi connectivity index (χ0v) is 9.80. The Morgan fingerprint density at radius 3 is 2.71 bits per heavy atom. The number of aromatic nitrogens is 1. The Hall–Kier alpha value is -0.940. The van der Waals surface area contributed by atoms with Crippen LogP contribution in [0, 0.1) is 6.92 Å². The van der Waals surface area contributed by atoms with E-state index in [1.54, 1.807) is 11.3 Å². The number of thiazole rings is 1. The zero-order chi connectivity index (χ0) is 10.7. The van der Waals surface area contributed by atoms with Gasteiger partial charge in [-0.2, -0.15) is 5.10 Å². The summed E-state index contributed by atoms with van der Waals surface area (Å²) in [5, 5.41) is 10.2. The molecule has 1 heterocycles. The fourth-order valence-electron chi connectivity index (χ4n) is 1.11. The van der Waals surface area contributed by atoms with Gasteiger partial charge in [-0.15, -0.1) is 16.4 Å². The predicted molar refractivity (Wildman–Crippen MR) is 60.3 cm³/mol. The van der Waals surface area contributed by atoms with E-state index in [0.717, 1.165) is 16.2 Å². The van der Waals surface area contributed by atoms with Gasteiger partial charge in [0, 0.05) is 16.8 Å². The SMILES string of the molecule is CC(C)=N/N=c1\scc(C)n1C(C)N. The first-order chi connectivity index (χ1) is 6.52. The highest BCUT2D eigenvalue weighted by molar-refractivity contribution is 7.07. The lowest BCUT2D eigenvalue weighted by Gasteiger charge is -2.08. The van der Waals surface area contributed by atoms with Crippen LogP contribution in [0.5, 0.6) is 0 Å². The molecule has 0 amide bonds. The van der Waals surface area contributed by atoms with Crippen molar-refractivity contribution in [2.75, 3.05) is 0 Å². The summed E-state index contributed by atoms with van der Waals surface area (Å²) in [6, 6.07) is 0. The van der Waals surface area contributed by atoms with E-state index in [1.165, 1.54) is 0 Å². The van der Waals surface area contributed by atoms with Crippen LogP contribution in [-0.4, -0.2) is 10.3 Å². The second-order valence-corrected chi connectivity index (χ2v) is 4.25. The lowest BCUT2D eigenvalue weighted by Crippen LogP contribution is -2.25. The van der Waals surface area contributed by atoms with Crippen molar-refractivity contribution in [3.8, 4) is 0 Å². The first-order valence-corrected chi connectivity index (χ1v) is 5.37. The molecule has 5 heteroatoms. The van der Waals surface area contributed by atoms with Crippen molar-refractivity contribution in [3.05, 3.63) is 15.9 Å². The zero-order valence-electron chi connectivity index (χ0n) is 8.98. The molecular weight excluding hydrogens is 196 g/mol. The van der Waals surface area contributed by atoms with Crippen molar-refractivity contribution >= 4 is 17.0 Å². The van der Waals surface area contributed by atoms with Crippen LogP contribution in [0.3, 0.4) is 0 Å². The van der Waals surface area contributed by atoms with Gasteiger partial charge in [-0.25, -0.2) is 0 Å². The maximum absolute atomic E-state index is 5.83. The van der Waals surface area contributed by atoms with Gasteiger partial charge in [0.05, 0.1) is 6.17 Å². The number of hydrogen-bond donors (Lipinski definition) is 1. The highest BCUT2D eigenvalue weighted by atomic mass is 32.1. The van der Waals surface area contributed by atoms with Crippen LogP contribution < -0.4 is 10.5 Å². The van der Waals surface area contributed by atoms with Crippen LogP contribution in [0.1, 0.15) is 32.6 Å². The van der Waals surface area contributed by atoms with Gasteiger partial charge < -0.3 is 10.3 Å². The molecule has 0 aliphatic carbocycles. The molecule has 1 rings (SSSR count). The minimum absolute atomic E-state index is 0.0626. The Kier molecular flexibility index (Phi) is 3.60. The van der Waals surface area contributed by atoms with Gasteiger partial charge in [-0.3, -0.25) is 0 Å². The highest BCUT2D eigenvalue weighted by Crippen LogP contribution is 2.04.